The molecule has 0 bridgehead atoms. The second-order valence-electron chi connectivity index (χ2n) is 7.88. The summed E-state index contributed by atoms with van der Waals surface area (Å²) in [5, 5.41) is 0. The summed E-state index contributed by atoms with van der Waals surface area (Å²) >= 11 is 0. The maximum Gasteiger partial charge on any atom is 0.254 e. The average Bonchev–Trinajstić information content (AvgIpc) is 2.79. The van der Waals surface area contributed by atoms with Gasteiger partial charge in [0.1, 0.15) is 5.82 Å². The van der Waals surface area contributed by atoms with Crippen LogP contribution in [-0.4, -0.2) is 65.9 Å². The summed E-state index contributed by atoms with van der Waals surface area (Å²) in [6.45, 7) is 6.36. The lowest BCUT2D eigenvalue weighted by molar-refractivity contribution is -0.137. The number of aromatic nitrogens is 1. The lowest BCUT2D eigenvalue weighted by Crippen LogP contribution is -2.52. The second kappa shape index (κ2) is 8.64. The molecule has 29 heavy (non-hydrogen) atoms. The number of hydrogen-bond acceptors (Lipinski definition) is 4. The van der Waals surface area contributed by atoms with Gasteiger partial charge in [0.25, 0.3) is 5.91 Å². The van der Waals surface area contributed by atoms with Crippen LogP contribution in [-0.2, 0) is 4.79 Å². The molecule has 0 radical (unpaired) electrons. The molecule has 0 saturated carbocycles. The molecule has 2 saturated heterocycles. The molecule has 0 atom stereocenters. The molecule has 0 spiro atoms. The van der Waals surface area contributed by atoms with Gasteiger partial charge in [0.15, 0.2) is 0 Å². The number of nitrogens with zero attached hydrogens (tertiary/aromatic N) is 4. The standard InChI is InChI=1S/C23H28N4O2/c1-18-6-2-3-7-20(18)23(29)26-12-9-19(10-13-26)22(28)27-16-14-25(15-17-27)21-8-4-5-11-24-21/h2-8,11,19H,9-10,12-17H2,1H3. The Hall–Kier alpha value is -2.89. The predicted octanol–water partition coefficient (Wildman–Crippen LogP) is 2.59. The van der Waals surface area contributed by atoms with Gasteiger partial charge in [0.05, 0.1) is 0 Å². The highest BCUT2D eigenvalue weighted by Gasteiger charge is 2.32. The third-order valence-electron chi connectivity index (χ3n) is 6.07. The van der Waals surface area contributed by atoms with Crippen LogP contribution in [0.4, 0.5) is 5.82 Å². The summed E-state index contributed by atoms with van der Waals surface area (Å²) in [5.41, 5.74) is 1.77. The van der Waals surface area contributed by atoms with Gasteiger partial charge in [-0.1, -0.05) is 24.3 Å². The number of aryl methyl sites for hydroxylation is 1. The summed E-state index contributed by atoms with van der Waals surface area (Å²) in [7, 11) is 0. The molecule has 2 amide bonds. The molecule has 2 aliphatic heterocycles. The van der Waals surface area contributed by atoms with Crippen LogP contribution in [0.1, 0.15) is 28.8 Å². The Kier molecular flexibility index (Phi) is 5.79. The van der Waals surface area contributed by atoms with E-state index < -0.39 is 0 Å². The molecule has 0 aliphatic carbocycles. The van der Waals surface area contributed by atoms with Crippen LogP contribution in [0.5, 0.6) is 0 Å². The Morgan fingerprint density at radius 1 is 0.862 bits per heavy atom. The normalized spacial score (nSPS) is 18.0. The van der Waals surface area contributed by atoms with Crippen molar-refractivity contribution in [2.75, 3.05) is 44.2 Å². The number of rotatable bonds is 3. The minimum absolute atomic E-state index is 0.0253. The van der Waals surface area contributed by atoms with Crippen molar-refractivity contribution in [1.82, 2.24) is 14.8 Å². The first-order valence-electron chi connectivity index (χ1n) is 10.4. The lowest BCUT2D eigenvalue weighted by atomic mass is 9.94. The van der Waals surface area contributed by atoms with Crippen LogP contribution in [0.3, 0.4) is 0 Å². The highest BCUT2D eigenvalue weighted by Crippen LogP contribution is 2.23. The zero-order chi connectivity index (χ0) is 20.2. The minimum Gasteiger partial charge on any atom is -0.353 e. The van der Waals surface area contributed by atoms with Gasteiger partial charge in [0.2, 0.25) is 5.91 Å². The van der Waals surface area contributed by atoms with E-state index in [-0.39, 0.29) is 17.7 Å². The van der Waals surface area contributed by atoms with Crippen molar-refractivity contribution in [2.24, 2.45) is 5.92 Å². The van der Waals surface area contributed by atoms with Crippen LogP contribution < -0.4 is 4.90 Å². The molecular formula is C23H28N4O2. The second-order valence-corrected chi connectivity index (χ2v) is 7.88. The quantitative estimate of drug-likeness (QED) is 0.806. The molecule has 3 heterocycles. The monoisotopic (exact) mass is 392 g/mol. The summed E-state index contributed by atoms with van der Waals surface area (Å²) in [6, 6.07) is 13.6. The molecule has 6 nitrogen and oxygen atoms in total. The number of carbonyl (C=O) groups excluding carboxylic acids is 2. The molecule has 4 rings (SSSR count). The zero-order valence-corrected chi connectivity index (χ0v) is 17.0. The first-order valence-corrected chi connectivity index (χ1v) is 10.4. The van der Waals surface area contributed by atoms with Gasteiger partial charge >= 0.3 is 0 Å². The van der Waals surface area contributed by atoms with Crippen LogP contribution in [0.2, 0.25) is 0 Å². The first kappa shape index (κ1) is 19.4. The van der Waals surface area contributed by atoms with E-state index in [2.05, 4.69) is 9.88 Å². The number of carbonyl (C=O) groups is 2. The Morgan fingerprint density at radius 3 is 2.21 bits per heavy atom. The molecule has 2 fully saturated rings. The Balaban J connectivity index is 1.28. The predicted molar refractivity (Wildman–Crippen MR) is 113 cm³/mol. The van der Waals surface area contributed by atoms with E-state index >= 15 is 0 Å². The van der Waals surface area contributed by atoms with Gasteiger partial charge in [-0.2, -0.15) is 0 Å². The molecule has 6 heteroatoms. The van der Waals surface area contributed by atoms with E-state index in [1.54, 1.807) is 6.20 Å². The summed E-state index contributed by atoms with van der Waals surface area (Å²) < 4.78 is 0. The van der Waals surface area contributed by atoms with Crippen LogP contribution >= 0.6 is 0 Å². The van der Waals surface area contributed by atoms with Crippen molar-refractivity contribution in [1.29, 1.82) is 0 Å². The SMILES string of the molecule is Cc1ccccc1C(=O)N1CCC(C(=O)N2CCN(c3ccccn3)CC2)CC1. The van der Waals surface area contributed by atoms with E-state index in [1.165, 1.54) is 0 Å². The molecule has 152 valence electrons. The first-order chi connectivity index (χ1) is 14.1. The van der Waals surface area contributed by atoms with Crippen molar-refractivity contribution < 1.29 is 9.59 Å². The van der Waals surface area contributed by atoms with E-state index in [0.29, 0.717) is 13.1 Å². The van der Waals surface area contributed by atoms with Crippen LogP contribution in [0, 0.1) is 12.8 Å². The van der Waals surface area contributed by atoms with E-state index in [4.69, 9.17) is 0 Å². The van der Waals surface area contributed by atoms with Crippen LogP contribution in [0.25, 0.3) is 0 Å². The van der Waals surface area contributed by atoms with Crippen LogP contribution in [0.15, 0.2) is 48.7 Å². The molecule has 0 N–H and O–H groups in total. The van der Waals surface area contributed by atoms with Gasteiger partial charge in [0, 0.05) is 56.9 Å². The third kappa shape index (κ3) is 4.26. The average molecular weight is 393 g/mol. The van der Waals surface area contributed by atoms with E-state index in [0.717, 1.165) is 56.0 Å². The fraction of sp³-hybridized carbons (Fsp3) is 0.435. The largest absolute Gasteiger partial charge is 0.353 e. The van der Waals surface area contributed by atoms with Gasteiger partial charge in [-0.3, -0.25) is 9.59 Å². The topological polar surface area (TPSA) is 56.8 Å². The molecular weight excluding hydrogens is 364 g/mol. The summed E-state index contributed by atoms with van der Waals surface area (Å²) in [5.74, 6) is 1.33. The van der Waals surface area contributed by atoms with Crippen molar-refractivity contribution in [3.05, 3.63) is 59.8 Å². The van der Waals surface area contributed by atoms with Crippen molar-refractivity contribution in [3.8, 4) is 0 Å². The van der Waals surface area contributed by atoms with Crippen molar-refractivity contribution >= 4 is 17.6 Å². The summed E-state index contributed by atoms with van der Waals surface area (Å²) in [4.78, 5) is 36.3. The number of benzene rings is 1. The molecule has 0 unspecified atom stereocenters. The fourth-order valence-electron chi connectivity index (χ4n) is 4.27. The maximum absolute atomic E-state index is 13.0. The Morgan fingerprint density at radius 2 is 1.55 bits per heavy atom. The number of likely N-dealkylation sites (tertiary alicyclic amines) is 1. The fourth-order valence-corrected chi connectivity index (χ4v) is 4.27. The summed E-state index contributed by atoms with van der Waals surface area (Å²) in [6.07, 6.45) is 3.30. The lowest BCUT2D eigenvalue weighted by Gasteiger charge is -2.39. The maximum atomic E-state index is 13.0. The Labute approximate surface area is 172 Å². The molecule has 2 aromatic rings. The smallest absolute Gasteiger partial charge is 0.254 e. The molecule has 1 aromatic heterocycles. The highest BCUT2D eigenvalue weighted by molar-refractivity contribution is 5.95. The van der Waals surface area contributed by atoms with Crippen molar-refractivity contribution in [3.63, 3.8) is 0 Å². The number of hydrogen-bond donors (Lipinski definition) is 0. The van der Waals surface area contributed by atoms with Gasteiger partial charge in [-0.25, -0.2) is 4.98 Å². The van der Waals surface area contributed by atoms with E-state index in [9.17, 15) is 9.59 Å². The van der Waals surface area contributed by atoms with Gasteiger partial charge < -0.3 is 14.7 Å². The minimum atomic E-state index is 0.0253. The zero-order valence-electron chi connectivity index (χ0n) is 17.0. The molecule has 2 aliphatic rings. The van der Waals surface area contributed by atoms with Gasteiger partial charge in [-0.05, 0) is 43.5 Å². The van der Waals surface area contributed by atoms with E-state index in [1.807, 2.05) is 59.2 Å². The Bertz CT molecular complexity index is 854. The number of piperazine rings is 1. The number of pyridine rings is 1. The van der Waals surface area contributed by atoms with Crippen molar-refractivity contribution in [2.45, 2.75) is 19.8 Å². The number of piperidine rings is 1. The van der Waals surface area contributed by atoms with Gasteiger partial charge in [-0.15, -0.1) is 0 Å². The molecule has 1 aromatic carbocycles. The number of anilines is 1. The highest BCUT2D eigenvalue weighted by atomic mass is 16.2. The third-order valence-corrected chi connectivity index (χ3v) is 6.07. The number of amides is 2.